The third kappa shape index (κ3) is 3.20. The quantitative estimate of drug-likeness (QED) is 0.868. The minimum atomic E-state index is -3.08. The van der Waals surface area contributed by atoms with Gasteiger partial charge in [0.2, 0.25) is 10.0 Å². The Bertz CT molecular complexity index is 416. The van der Waals surface area contributed by atoms with Gasteiger partial charge in [0, 0.05) is 18.6 Å². The minimum absolute atomic E-state index is 0.178. The largest absolute Gasteiger partial charge is 0.313 e. The van der Waals surface area contributed by atoms with E-state index in [0.29, 0.717) is 17.7 Å². The van der Waals surface area contributed by atoms with Crippen molar-refractivity contribution >= 4 is 10.0 Å². The standard InChI is InChI=1S/C15H28N2O2S/c18-20(19,12-14-8-3-4-10-16-14)17-11-5-7-13-6-1-2-9-15(13)17/h13-16H,1-12H2/t13-,14?,15-/m1/s1. The van der Waals surface area contributed by atoms with Gasteiger partial charge in [0.15, 0.2) is 0 Å². The van der Waals surface area contributed by atoms with Crippen LogP contribution in [0.4, 0.5) is 0 Å². The summed E-state index contributed by atoms with van der Waals surface area (Å²) in [6.45, 7) is 1.74. The van der Waals surface area contributed by atoms with Gasteiger partial charge in [-0.05, 0) is 51.0 Å². The number of piperidine rings is 2. The minimum Gasteiger partial charge on any atom is -0.313 e. The van der Waals surface area contributed by atoms with Gasteiger partial charge < -0.3 is 5.32 Å². The summed E-state index contributed by atoms with van der Waals surface area (Å²) in [6.07, 6.45) is 10.5. The van der Waals surface area contributed by atoms with E-state index < -0.39 is 10.0 Å². The van der Waals surface area contributed by atoms with E-state index in [4.69, 9.17) is 0 Å². The Hall–Kier alpha value is -0.130. The molecule has 3 rings (SSSR count). The number of sulfonamides is 1. The molecule has 5 heteroatoms. The molecule has 1 unspecified atom stereocenters. The fourth-order valence-electron chi connectivity index (χ4n) is 4.34. The number of hydrogen-bond acceptors (Lipinski definition) is 3. The van der Waals surface area contributed by atoms with Gasteiger partial charge in [0.25, 0.3) is 0 Å². The van der Waals surface area contributed by atoms with Gasteiger partial charge in [-0.3, -0.25) is 0 Å². The van der Waals surface area contributed by atoms with E-state index >= 15 is 0 Å². The predicted octanol–water partition coefficient (Wildman–Crippen LogP) is 2.11. The zero-order chi connectivity index (χ0) is 14.0. The zero-order valence-electron chi connectivity index (χ0n) is 12.4. The monoisotopic (exact) mass is 300 g/mol. The molecular formula is C15H28N2O2S. The molecule has 0 bridgehead atoms. The van der Waals surface area contributed by atoms with Crippen LogP contribution in [0.1, 0.15) is 57.8 Å². The van der Waals surface area contributed by atoms with E-state index in [-0.39, 0.29) is 6.04 Å². The summed E-state index contributed by atoms with van der Waals surface area (Å²) in [5.74, 6) is 0.947. The van der Waals surface area contributed by atoms with E-state index in [9.17, 15) is 8.42 Å². The van der Waals surface area contributed by atoms with Crippen molar-refractivity contribution in [2.24, 2.45) is 5.92 Å². The molecule has 20 heavy (non-hydrogen) atoms. The van der Waals surface area contributed by atoms with Crippen molar-refractivity contribution in [2.75, 3.05) is 18.8 Å². The molecule has 3 atom stereocenters. The number of hydrogen-bond donors (Lipinski definition) is 1. The first-order valence-corrected chi connectivity index (χ1v) is 10.0. The highest BCUT2D eigenvalue weighted by molar-refractivity contribution is 7.89. The predicted molar refractivity (Wildman–Crippen MR) is 81.1 cm³/mol. The number of nitrogens with one attached hydrogen (secondary N) is 1. The lowest BCUT2D eigenvalue weighted by atomic mass is 9.79. The Balaban J connectivity index is 1.68. The lowest BCUT2D eigenvalue weighted by molar-refractivity contribution is 0.128. The molecule has 3 fully saturated rings. The van der Waals surface area contributed by atoms with Crippen molar-refractivity contribution in [3.05, 3.63) is 0 Å². The number of rotatable bonds is 3. The van der Waals surface area contributed by atoms with Crippen LogP contribution in [-0.2, 0) is 10.0 Å². The van der Waals surface area contributed by atoms with E-state index in [1.165, 1.54) is 38.5 Å². The Labute approximate surface area is 123 Å². The van der Waals surface area contributed by atoms with Crippen LogP contribution in [0.2, 0.25) is 0 Å². The third-order valence-corrected chi connectivity index (χ3v) is 7.37. The Morgan fingerprint density at radius 2 is 1.70 bits per heavy atom. The number of fused-ring (bicyclic) bond motifs is 1. The molecule has 1 aliphatic carbocycles. The zero-order valence-corrected chi connectivity index (χ0v) is 13.2. The first kappa shape index (κ1) is 14.8. The van der Waals surface area contributed by atoms with Gasteiger partial charge in [-0.2, -0.15) is 4.31 Å². The summed E-state index contributed by atoms with van der Waals surface area (Å²) in [7, 11) is -3.08. The highest BCUT2D eigenvalue weighted by atomic mass is 32.2. The van der Waals surface area contributed by atoms with Crippen LogP contribution in [0.15, 0.2) is 0 Å². The molecule has 0 aromatic heterocycles. The fourth-order valence-corrected chi connectivity index (χ4v) is 6.42. The lowest BCUT2D eigenvalue weighted by Gasteiger charge is -2.43. The summed E-state index contributed by atoms with van der Waals surface area (Å²) in [5.41, 5.74) is 0. The van der Waals surface area contributed by atoms with Crippen molar-refractivity contribution < 1.29 is 8.42 Å². The van der Waals surface area contributed by atoms with Crippen molar-refractivity contribution in [2.45, 2.75) is 69.9 Å². The molecule has 116 valence electrons. The molecule has 2 heterocycles. The maximum absolute atomic E-state index is 12.8. The normalized spacial score (nSPS) is 36.5. The van der Waals surface area contributed by atoms with Crippen LogP contribution in [-0.4, -0.2) is 43.6 Å². The van der Waals surface area contributed by atoms with Crippen LogP contribution in [0.25, 0.3) is 0 Å². The molecule has 3 aliphatic rings. The summed E-state index contributed by atoms with van der Waals surface area (Å²) in [5, 5.41) is 3.38. The molecule has 0 aromatic carbocycles. The lowest BCUT2D eigenvalue weighted by Crippen LogP contribution is -2.52. The van der Waals surface area contributed by atoms with Crippen molar-refractivity contribution in [3.63, 3.8) is 0 Å². The molecule has 0 radical (unpaired) electrons. The molecular weight excluding hydrogens is 272 g/mol. The summed E-state index contributed by atoms with van der Waals surface area (Å²) in [6, 6.07) is 0.490. The van der Waals surface area contributed by atoms with Crippen LogP contribution in [0, 0.1) is 5.92 Å². The first-order chi connectivity index (χ1) is 9.67. The van der Waals surface area contributed by atoms with E-state index in [1.54, 1.807) is 0 Å². The van der Waals surface area contributed by atoms with Crippen LogP contribution in [0.3, 0.4) is 0 Å². The molecule has 4 nitrogen and oxygen atoms in total. The van der Waals surface area contributed by atoms with Gasteiger partial charge in [-0.1, -0.05) is 19.3 Å². The Morgan fingerprint density at radius 3 is 2.50 bits per heavy atom. The third-order valence-electron chi connectivity index (χ3n) is 5.37. The molecule has 2 saturated heterocycles. The van der Waals surface area contributed by atoms with E-state index in [1.807, 2.05) is 4.31 Å². The Morgan fingerprint density at radius 1 is 0.950 bits per heavy atom. The van der Waals surface area contributed by atoms with Gasteiger partial charge in [-0.15, -0.1) is 0 Å². The summed E-state index contributed by atoms with van der Waals surface area (Å²) in [4.78, 5) is 0. The molecule has 0 amide bonds. The molecule has 1 saturated carbocycles. The van der Waals surface area contributed by atoms with Gasteiger partial charge in [-0.25, -0.2) is 8.42 Å². The molecule has 0 aromatic rings. The van der Waals surface area contributed by atoms with Crippen molar-refractivity contribution in [1.82, 2.24) is 9.62 Å². The second kappa shape index (κ2) is 6.32. The van der Waals surface area contributed by atoms with Crippen molar-refractivity contribution in [3.8, 4) is 0 Å². The van der Waals surface area contributed by atoms with E-state index in [0.717, 1.165) is 32.4 Å². The maximum atomic E-state index is 12.8. The summed E-state index contributed by atoms with van der Waals surface area (Å²) >= 11 is 0. The highest BCUT2D eigenvalue weighted by Crippen LogP contribution is 2.36. The molecule has 2 aliphatic heterocycles. The molecule has 0 spiro atoms. The van der Waals surface area contributed by atoms with E-state index in [2.05, 4.69) is 5.32 Å². The van der Waals surface area contributed by atoms with Gasteiger partial charge >= 0.3 is 0 Å². The average Bonchev–Trinajstić information content (AvgIpc) is 2.47. The van der Waals surface area contributed by atoms with Crippen LogP contribution >= 0.6 is 0 Å². The summed E-state index contributed by atoms with van der Waals surface area (Å²) < 4.78 is 27.5. The smallest absolute Gasteiger partial charge is 0.215 e. The van der Waals surface area contributed by atoms with Crippen LogP contribution in [0.5, 0.6) is 0 Å². The second-order valence-electron chi connectivity index (χ2n) is 6.79. The topological polar surface area (TPSA) is 49.4 Å². The second-order valence-corrected chi connectivity index (χ2v) is 8.76. The first-order valence-electron chi connectivity index (χ1n) is 8.40. The van der Waals surface area contributed by atoms with Gasteiger partial charge in [0.05, 0.1) is 5.75 Å². The Kier molecular flexibility index (Phi) is 4.68. The highest BCUT2D eigenvalue weighted by Gasteiger charge is 2.39. The number of nitrogens with zero attached hydrogens (tertiary/aromatic N) is 1. The fraction of sp³-hybridized carbons (Fsp3) is 1.00. The molecule has 1 N–H and O–H groups in total. The average molecular weight is 300 g/mol. The SMILES string of the molecule is O=S(=O)(CC1CCCCN1)N1CCC[C@H]2CCCC[C@H]21. The maximum Gasteiger partial charge on any atom is 0.215 e. The van der Waals surface area contributed by atoms with Crippen molar-refractivity contribution in [1.29, 1.82) is 0 Å². The van der Waals surface area contributed by atoms with Gasteiger partial charge in [0.1, 0.15) is 0 Å². The van der Waals surface area contributed by atoms with Crippen LogP contribution < -0.4 is 5.32 Å².